The van der Waals surface area contributed by atoms with E-state index in [1.165, 1.54) is 0 Å². The van der Waals surface area contributed by atoms with Crippen molar-refractivity contribution in [3.63, 3.8) is 0 Å². The van der Waals surface area contributed by atoms with Crippen molar-refractivity contribution in [2.45, 2.75) is 44.5 Å². The van der Waals surface area contributed by atoms with Crippen LogP contribution < -0.4 is 10.2 Å². The number of rotatable bonds is 5. The molecule has 6 heteroatoms. The lowest BCUT2D eigenvalue weighted by Crippen LogP contribution is -2.47. The summed E-state index contributed by atoms with van der Waals surface area (Å²) in [6.45, 7) is 8.98. The molecule has 1 aliphatic heterocycles. The van der Waals surface area contributed by atoms with E-state index in [2.05, 4.69) is 41.0 Å². The zero-order valence-corrected chi connectivity index (χ0v) is 13.5. The molecule has 1 aromatic heterocycles. The summed E-state index contributed by atoms with van der Waals surface area (Å²) in [6.07, 6.45) is 3.33. The van der Waals surface area contributed by atoms with E-state index in [1.807, 2.05) is 12.3 Å². The Morgan fingerprint density at radius 3 is 2.95 bits per heavy atom. The van der Waals surface area contributed by atoms with Crippen molar-refractivity contribution in [1.29, 1.82) is 0 Å². The summed E-state index contributed by atoms with van der Waals surface area (Å²) in [5.74, 6) is 1.90. The maximum Gasteiger partial charge on any atom is 0.191 e. The van der Waals surface area contributed by atoms with Crippen LogP contribution in [0.3, 0.4) is 0 Å². The maximum absolute atomic E-state index is 5.69. The van der Waals surface area contributed by atoms with Crippen LogP contribution in [-0.4, -0.2) is 48.1 Å². The van der Waals surface area contributed by atoms with Crippen LogP contribution in [0.2, 0.25) is 0 Å². The lowest BCUT2D eigenvalue weighted by Gasteiger charge is -2.37. The van der Waals surface area contributed by atoms with Crippen LogP contribution in [-0.2, 0) is 4.74 Å². The number of nitrogens with one attached hydrogen (secondary N) is 1. The molecule has 1 aromatic rings. The number of thioether (sulfide) groups is 1. The highest BCUT2D eigenvalue weighted by molar-refractivity contribution is 7.98. The maximum atomic E-state index is 5.69. The third-order valence-corrected chi connectivity index (χ3v) is 3.88. The minimum atomic E-state index is 0.242. The van der Waals surface area contributed by atoms with Crippen molar-refractivity contribution in [3.8, 4) is 0 Å². The summed E-state index contributed by atoms with van der Waals surface area (Å²) in [4.78, 5) is 11.5. The Balaban J connectivity index is 2.24. The molecule has 0 bridgehead atoms. The highest BCUT2D eigenvalue weighted by Crippen LogP contribution is 2.24. The van der Waals surface area contributed by atoms with Gasteiger partial charge < -0.3 is 15.0 Å². The Bertz CT molecular complexity index is 443. The van der Waals surface area contributed by atoms with Gasteiger partial charge in [0.05, 0.1) is 18.8 Å². The lowest BCUT2D eigenvalue weighted by atomic mass is 10.2. The molecule has 0 saturated carbocycles. The molecule has 0 amide bonds. The van der Waals surface area contributed by atoms with Crippen LogP contribution >= 0.6 is 11.8 Å². The number of hydrogen-bond donors (Lipinski definition) is 1. The molecule has 0 aliphatic carbocycles. The predicted octanol–water partition coefficient (Wildman–Crippen LogP) is 2.63. The Labute approximate surface area is 125 Å². The summed E-state index contributed by atoms with van der Waals surface area (Å²) in [5, 5.41) is 4.16. The first kappa shape index (κ1) is 15.4. The van der Waals surface area contributed by atoms with Crippen molar-refractivity contribution in [1.82, 2.24) is 9.97 Å². The zero-order valence-electron chi connectivity index (χ0n) is 12.7. The van der Waals surface area contributed by atoms with Crippen LogP contribution in [0.1, 0.15) is 27.2 Å². The molecule has 0 aromatic carbocycles. The predicted molar refractivity (Wildman–Crippen MR) is 84.8 cm³/mol. The van der Waals surface area contributed by atoms with Gasteiger partial charge in [0.1, 0.15) is 11.6 Å². The minimum Gasteiger partial charge on any atom is -0.375 e. The molecule has 1 aliphatic rings. The summed E-state index contributed by atoms with van der Waals surface area (Å²) in [5.41, 5.74) is 0. The van der Waals surface area contributed by atoms with Gasteiger partial charge in [0, 0.05) is 19.2 Å². The normalized spacial score (nSPS) is 22.9. The van der Waals surface area contributed by atoms with Gasteiger partial charge in [-0.2, -0.15) is 0 Å². The summed E-state index contributed by atoms with van der Waals surface area (Å²) in [7, 11) is 0. The van der Waals surface area contributed by atoms with Gasteiger partial charge in [-0.3, -0.25) is 0 Å². The Morgan fingerprint density at radius 2 is 2.25 bits per heavy atom. The van der Waals surface area contributed by atoms with Crippen molar-refractivity contribution in [2.75, 3.05) is 36.2 Å². The van der Waals surface area contributed by atoms with Crippen LogP contribution in [0.15, 0.2) is 11.2 Å². The van der Waals surface area contributed by atoms with Crippen molar-refractivity contribution >= 4 is 23.4 Å². The van der Waals surface area contributed by atoms with E-state index in [0.717, 1.165) is 42.9 Å². The second-order valence-corrected chi connectivity index (χ2v) is 5.94. The summed E-state index contributed by atoms with van der Waals surface area (Å²) >= 11 is 1.58. The van der Waals surface area contributed by atoms with E-state index in [-0.39, 0.29) is 6.10 Å². The molecule has 0 radical (unpaired) electrons. The van der Waals surface area contributed by atoms with Crippen LogP contribution in [0.5, 0.6) is 0 Å². The molecule has 112 valence electrons. The van der Waals surface area contributed by atoms with Crippen LogP contribution in [0.4, 0.5) is 11.6 Å². The smallest absolute Gasteiger partial charge is 0.191 e. The van der Waals surface area contributed by atoms with E-state index in [4.69, 9.17) is 4.74 Å². The van der Waals surface area contributed by atoms with E-state index in [0.29, 0.717) is 6.04 Å². The fraction of sp³-hybridized carbons (Fsp3) is 0.714. The SMILES string of the molecule is CCCNc1cc(N2CC(C)OCC2C)nc(SC)n1. The highest BCUT2D eigenvalue weighted by atomic mass is 32.2. The standard InChI is InChI=1S/C14H24N4OS/c1-5-6-15-12-7-13(17-14(16-12)20-4)18-8-11(3)19-9-10(18)2/h7,10-11H,5-6,8-9H2,1-4H3,(H,15,16,17). The molecule has 2 heterocycles. The summed E-state index contributed by atoms with van der Waals surface area (Å²) < 4.78 is 5.69. The van der Waals surface area contributed by atoms with Gasteiger partial charge in [-0.15, -0.1) is 0 Å². The Morgan fingerprint density at radius 1 is 1.45 bits per heavy atom. The monoisotopic (exact) mass is 296 g/mol. The van der Waals surface area contributed by atoms with Crippen molar-refractivity contribution in [2.24, 2.45) is 0 Å². The fourth-order valence-corrected chi connectivity index (χ4v) is 2.59. The first-order valence-electron chi connectivity index (χ1n) is 7.19. The molecular weight excluding hydrogens is 272 g/mol. The Kier molecular flexibility index (Phi) is 5.48. The molecule has 5 nitrogen and oxygen atoms in total. The largest absolute Gasteiger partial charge is 0.375 e. The number of ether oxygens (including phenoxy) is 1. The molecule has 2 unspecified atom stereocenters. The van der Waals surface area contributed by atoms with Gasteiger partial charge in [0.15, 0.2) is 5.16 Å². The number of nitrogens with zero attached hydrogens (tertiary/aromatic N) is 3. The first-order chi connectivity index (χ1) is 9.63. The van der Waals surface area contributed by atoms with Crippen LogP contribution in [0, 0.1) is 0 Å². The zero-order chi connectivity index (χ0) is 14.5. The molecule has 1 saturated heterocycles. The van der Waals surface area contributed by atoms with Gasteiger partial charge in [-0.05, 0) is 26.5 Å². The average Bonchev–Trinajstić information content (AvgIpc) is 2.47. The summed E-state index contributed by atoms with van der Waals surface area (Å²) in [6, 6.07) is 2.39. The van der Waals surface area contributed by atoms with E-state index in [1.54, 1.807) is 11.8 Å². The average molecular weight is 296 g/mol. The van der Waals surface area contributed by atoms with E-state index >= 15 is 0 Å². The van der Waals surface area contributed by atoms with Gasteiger partial charge >= 0.3 is 0 Å². The number of aromatic nitrogens is 2. The van der Waals surface area contributed by atoms with Gasteiger partial charge in [0.2, 0.25) is 0 Å². The number of morpholine rings is 1. The van der Waals surface area contributed by atoms with Gasteiger partial charge in [-0.1, -0.05) is 18.7 Å². The molecular formula is C14H24N4OS. The molecule has 2 rings (SSSR count). The van der Waals surface area contributed by atoms with Crippen LogP contribution in [0.25, 0.3) is 0 Å². The minimum absolute atomic E-state index is 0.242. The molecule has 1 N–H and O–H groups in total. The number of anilines is 2. The lowest BCUT2D eigenvalue weighted by molar-refractivity contribution is 0.0340. The molecule has 1 fully saturated rings. The Hall–Kier alpha value is -1.01. The third kappa shape index (κ3) is 3.76. The van der Waals surface area contributed by atoms with Crippen molar-refractivity contribution in [3.05, 3.63) is 6.07 Å². The third-order valence-electron chi connectivity index (χ3n) is 3.33. The second kappa shape index (κ2) is 7.13. The van der Waals surface area contributed by atoms with Gasteiger partial charge in [-0.25, -0.2) is 9.97 Å². The quantitative estimate of drug-likeness (QED) is 0.666. The molecule has 20 heavy (non-hydrogen) atoms. The highest BCUT2D eigenvalue weighted by Gasteiger charge is 2.25. The van der Waals surface area contributed by atoms with E-state index < -0.39 is 0 Å². The molecule has 0 spiro atoms. The van der Waals surface area contributed by atoms with E-state index in [9.17, 15) is 0 Å². The second-order valence-electron chi connectivity index (χ2n) is 5.17. The first-order valence-corrected chi connectivity index (χ1v) is 8.41. The van der Waals surface area contributed by atoms with Gasteiger partial charge in [0.25, 0.3) is 0 Å². The fourth-order valence-electron chi connectivity index (χ4n) is 2.22. The molecule has 2 atom stereocenters. The van der Waals surface area contributed by atoms with Crippen molar-refractivity contribution < 1.29 is 4.74 Å². The topological polar surface area (TPSA) is 50.3 Å². The number of hydrogen-bond acceptors (Lipinski definition) is 6.